The van der Waals surface area contributed by atoms with Gasteiger partial charge in [-0.2, -0.15) is 0 Å². The van der Waals surface area contributed by atoms with Gasteiger partial charge in [0.2, 0.25) is 0 Å². The van der Waals surface area contributed by atoms with Gasteiger partial charge in [-0.15, -0.1) is 0 Å². The third-order valence-electron chi connectivity index (χ3n) is 5.37. The van der Waals surface area contributed by atoms with E-state index >= 15 is 0 Å². The lowest BCUT2D eigenvalue weighted by Gasteiger charge is -2.47. The van der Waals surface area contributed by atoms with E-state index in [4.69, 9.17) is 0 Å². The highest BCUT2D eigenvalue weighted by Gasteiger charge is 2.39. The van der Waals surface area contributed by atoms with Gasteiger partial charge in [0.05, 0.1) is 0 Å². The van der Waals surface area contributed by atoms with Crippen molar-refractivity contribution in [2.24, 2.45) is 5.41 Å². The Morgan fingerprint density at radius 2 is 0.905 bits per heavy atom. The zero-order chi connectivity index (χ0) is 15.7. The zero-order valence-electron chi connectivity index (χ0n) is 15.3. The van der Waals surface area contributed by atoms with Crippen molar-refractivity contribution in [2.45, 2.75) is 116 Å². The molecule has 21 heavy (non-hydrogen) atoms. The first-order chi connectivity index (χ1) is 9.57. The van der Waals surface area contributed by atoms with Gasteiger partial charge < -0.3 is 10.6 Å². The summed E-state index contributed by atoms with van der Waals surface area (Å²) < 4.78 is 0. The molecule has 0 aromatic heterocycles. The largest absolute Gasteiger partial charge is 0.309 e. The molecule has 0 heterocycles. The van der Waals surface area contributed by atoms with E-state index in [2.05, 4.69) is 52.2 Å². The molecule has 0 bridgehead atoms. The molecule has 0 aromatic rings. The molecule has 2 aliphatic rings. The molecular weight excluding hydrogens is 256 g/mol. The van der Waals surface area contributed by atoms with E-state index in [-0.39, 0.29) is 11.1 Å². The Bertz CT molecular complexity index is 281. The minimum absolute atomic E-state index is 0.267. The van der Waals surface area contributed by atoms with Crippen LogP contribution >= 0.6 is 0 Å². The first kappa shape index (κ1) is 17.3. The van der Waals surface area contributed by atoms with Crippen LogP contribution in [-0.2, 0) is 0 Å². The van der Waals surface area contributed by atoms with Gasteiger partial charge in [-0.1, -0.05) is 0 Å². The quantitative estimate of drug-likeness (QED) is 0.775. The van der Waals surface area contributed by atoms with Crippen LogP contribution in [0.5, 0.6) is 0 Å². The van der Waals surface area contributed by atoms with Gasteiger partial charge in [0.1, 0.15) is 0 Å². The molecule has 2 N–H and O–H groups in total. The standard InChI is InChI=1S/C19H38N2/c1-17(2,3)20-15-7-11-19(12-8-15)13-9-16(10-14-19)21-18(4,5)6/h15-16,20-21H,7-14H2,1-6H3. The monoisotopic (exact) mass is 294 g/mol. The average Bonchev–Trinajstić information content (AvgIpc) is 2.32. The SMILES string of the molecule is CC(C)(C)NC1CCC2(CC1)CCC(NC(C)(C)C)CC2. The van der Waals surface area contributed by atoms with Crippen molar-refractivity contribution < 1.29 is 0 Å². The molecule has 0 unspecified atom stereocenters. The Labute approximate surface area is 132 Å². The molecule has 2 rings (SSSR count). The second kappa shape index (κ2) is 6.20. The van der Waals surface area contributed by atoms with Crippen LogP contribution in [-0.4, -0.2) is 23.2 Å². The van der Waals surface area contributed by atoms with Crippen LogP contribution in [0.4, 0.5) is 0 Å². The van der Waals surface area contributed by atoms with Gasteiger partial charge in [0.15, 0.2) is 0 Å². The van der Waals surface area contributed by atoms with Gasteiger partial charge >= 0.3 is 0 Å². The van der Waals surface area contributed by atoms with E-state index in [0.717, 1.165) is 12.1 Å². The normalized spacial score (nSPS) is 35.1. The topological polar surface area (TPSA) is 24.1 Å². The Morgan fingerprint density at radius 1 is 0.619 bits per heavy atom. The second-order valence-electron chi connectivity index (χ2n) is 9.84. The van der Waals surface area contributed by atoms with Gasteiger partial charge in [-0.05, 0) is 98.3 Å². The van der Waals surface area contributed by atoms with Crippen LogP contribution in [0, 0.1) is 5.41 Å². The van der Waals surface area contributed by atoms with Crippen molar-refractivity contribution in [1.82, 2.24) is 10.6 Å². The Morgan fingerprint density at radius 3 is 1.14 bits per heavy atom. The molecule has 0 radical (unpaired) electrons. The Kier molecular flexibility index (Phi) is 5.10. The third-order valence-corrected chi connectivity index (χ3v) is 5.37. The smallest absolute Gasteiger partial charge is 0.00990 e. The fraction of sp³-hybridized carbons (Fsp3) is 1.00. The van der Waals surface area contributed by atoms with Crippen LogP contribution in [0.2, 0.25) is 0 Å². The van der Waals surface area contributed by atoms with Crippen LogP contribution < -0.4 is 10.6 Å². The first-order valence-corrected chi connectivity index (χ1v) is 9.12. The van der Waals surface area contributed by atoms with E-state index in [1.165, 1.54) is 51.4 Å². The zero-order valence-corrected chi connectivity index (χ0v) is 15.3. The fourth-order valence-corrected chi connectivity index (χ4v) is 4.47. The maximum atomic E-state index is 3.81. The van der Waals surface area contributed by atoms with Crippen molar-refractivity contribution in [2.75, 3.05) is 0 Å². The molecule has 0 aromatic carbocycles. The van der Waals surface area contributed by atoms with Crippen molar-refractivity contribution in [3.63, 3.8) is 0 Å². The molecule has 0 aliphatic heterocycles. The van der Waals surface area contributed by atoms with Gasteiger partial charge in [0, 0.05) is 23.2 Å². The van der Waals surface area contributed by atoms with Crippen LogP contribution in [0.1, 0.15) is 92.9 Å². The van der Waals surface area contributed by atoms with E-state index < -0.39 is 0 Å². The second-order valence-corrected chi connectivity index (χ2v) is 9.84. The van der Waals surface area contributed by atoms with Crippen molar-refractivity contribution in [3.05, 3.63) is 0 Å². The van der Waals surface area contributed by atoms with Crippen LogP contribution in [0.3, 0.4) is 0 Å². The van der Waals surface area contributed by atoms with E-state index in [1.807, 2.05) is 0 Å². The van der Waals surface area contributed by atoms with Crippen molar-refractivity contribution in [3.8, 4) is 0 Å². The fourth-order valence-electron chi connectivity index (χ4n) is 4.47. The summed E-state index contributed by atoms with van der Waals surface area (Å²) in [6, 6.07) is 1.50. The molecule has 1 spiro atoms. The summed E-state index contributed by atoms with van der Waals surface area (Å²) in [5.41, 5.74) is 1.22. The summed E-state index contributed by atoms with van der Waals surface area (Å²) in [7, 11) is 0. The van der Waals surface area contributed by atoms with Gasteiger partial charge in [0.25, 0.3) is 0 Å². The van der Waals surface area contributed by atoms with Crippen molar-refractivity contribution >= 4 is 0 Å². The average molecular weight is 295 g/mol. The van der Waals surface area contributed by atoms with E-state index in [9.17, 15) is 0 Å². The van der Waals surface area contributed by atoms with Gasteiger partial charge in [-0.3, -0.25) is 0 Å². The third kappa shape index (κ3) is 5.56. The number of hydrogen-bond acceptors (Lipinski definition) is 2. The summed E-state index contributed by atoms with van der Waals surface area (Å²) in [6.45, 7) is 13.8. The predicted octanol–water partition coefficient (Wildman–Crippen LogP) is 4.63. The van der Waals surface area contributed by atoms with Crippen LogP contribution in [0.25, 0.3) is 0 Å². The maximum Gasteiger partial charge on any atom is 0.00990 e. The molecule has 2 saturated carbocycles. The number of rotatable bonds is 2. The highest BCUT2D eigenvalue weighted by molar-refractivity contribution is 4.95. The summed E-state index contributed by atoms with van der Waals surface area (Å²) in [6.07, 6.45) is 11.3. The molecule has 2 aliphatic carbocycles. The summed E-state index contributed by atoms with van der Waals surface area (Å²) >= 11 is 0. The van der Waals surface area contributed by atoms with Crippen molar-refractivity contribution in [1.29, 1.82) is 0 Å². The molecule has 2 heteroatoms. The Hall–Kier alpha value is -0.0800. The molecule has 0 saturated heterocycles. The summed E-state index contributed by atoms with van der Waals surface area (Å²) in [5, 5.41) is 7.62. The highest BCUT2D eigenvalue weighted by Crippen LogP contribution is 2.47. The molecule has 2 fully saturated rings. The molecule has 124 valence electrons. The molecule has 2 nitrogen and oxygen atoms in total. The number of hydrogen-bond donors (Lipinski definition) is 2. The molecule has 0 atom stereocenters. The summed E-state index contributed by atoms with van der Waals surface area (Å²) in [4.78, 5) is 0. The molecule has 0 amide bonds. The van der Waals surface area contributed by atoms with E-state index in [0.29, 0.717) is 5.41 Å². The van der Waals surface area contributed by atoms with Gasteiger partial charge in [-0.25, -0.2) is 0 Å². The molecular formula is C19H38N2. The summed E-state index contributed by atoms with van der Waals surface area (Å²) in [5.74, 6) is 0. The van der Waals surface area contributed by atoms with Crippen LogP contribution in [0.15, 0.2) is 0 Å². The first-order valence-electron chi connectivity index (χ1n) is 9.12. The Balaban J connectivity index is 1.78. The van der Waals surface area contributed by atoms with E-state index in [1.54, 1.807) is 0 Å². The lowest BCUT2D eigenvalue weighted by molar-refractivity contribution is 0.0820. The lowest BCUT2D eigenvalue weighted by atomic mass is 9.63. The highest BCUT2D eigenvalue weighted by atomic mass is 15.0. The predicted molar refractivity (Wildman–Crippen MR) is 92.7 cm³/mol. The number of nitrogens with one attached hydrogen (secondary N) is 2. The lowest BCUT2D eigenvalue weighted by Crippen LogP contribution is -2.49. The maximum absolute atomic E-state index is 3.81. The minimum atomic E-state index is 0.267. The minimum Gasteiger partial charge on any atom is -0.309 e.